The molecule has 2 atom stereocenters. The van der Waals surface area contributed by atoms with Gasteiger partial charge in [0.05, 0.1) is 24.7 Å². The fourth-order valence-electron chi connectivity index (χ4n) is 4.43. The van der Waals surface area contributed by atoms with E-state index in [1.165, 1.54) is 0 Å². The third-order valence-corrected chi connectivity index (χ3v) is 5.41. The lowest BCUT2D eigenvalue weighted by Gasteiger charge is -2.41. The van der Waals surface area contributed by atoms with Crippen LogP contribution >= 0.6 is 0 Å². The molecule has 1 aliphatic heterocycles. The van der Waals surface area contributed by atoms with Crippen LogP contribution in [-0.4, -0.2) is 30.7 Å². The highest BCUT2D eigenvalue weighted by Gasteiger charge is 2.48. The number of fused-ring (bicyclic) bond motifs is 1. The lowest BCUT2D eigenvalue weighted by molar-refractivity contribution is -0.139. The number of benzene rings is 1. The highest BCUT2D eigenvalue weighted by molar-refractivity contribution is 6.12. The molecule has 0 radical (unpaired) electrons. The lowest BCUT2D eigenvalue weighted by Crippen LogP contribution is -2.44. The summed E-state index contributed by atoms with van der Waals surface area (Å²) in [5.74, 6) is -0.462. The maximum Gasteiger partial charge on any atom is 0.336 e. The number of rotatable bonds is 5. The Morgan fingerprint density at radius 1 is 1.14 bits per heavy atom. The number of ether oxygens (including phenoxy) is 2. The summed E-state index contributed by atoms with van der Waals surface area (Å²) in [6.07, 6.45) is 1.21. The molecule has 5 heteroatoms. The zero-order chi connectivity index (χ0) is 20.5. The summed E-state index contributed by atoms with van der Waals surface area (Å²) in [6.45, 7) is 10.5. The molecule has 1 unspecified atom stereocenters. The Balaban J connectivity index is 2.20. The molecule has 0 bridgehead atoms. The van der Waals surface area contributed by atoms with Crippen LogP contribution in [0.25, 0.3) is 0 Å². The molecule has 150 valence electrons. The molecule has 0 N–H and O–H groups in total. The number of nitrogens with zero attached hydrogens (tertiary/aromatic N) is 1. The molecule has 5 nitrogen and oxygen atoms in total. The maximum absolute atomic E-state index is 13.2. The third kappa shape index (κ3) is 3.75. The van der Waals surface area contributed by atoms with Crippen molar-refractivity contribution in [1.82, 2.24) is 0 Å². The summed E-state index contributed by atoms with van der Waals surface area (Å²) in [5.41, 5.74) is 2.68. The van der Waals surface area contributed by atoms with Crippen LogP contribution in [0.15, 0.2) is 40.5 Å². The van der Waals surface area contributed by atoms with Gasteiger partial charge in [0.25, 0.3) is 0 Å². The van der Waals surface area contributed by atoms with Crippen LogP contribution in [0.4, 0.5) is 0 Å². The molecule has 28 heavy (non-hydrogen) atoms. The Morgan fingerprint density at radius 2 is 1.86 bits per heavy atom. The second-order valence-corrected chi connectivity index (χ2v) is 8.23. The maximum atomic E-state index is 13.2. The molecule has 2 aliphatic rings. The standard InChI is InChI=1S/C23H29NO4/c1-6-27-18-11-9-8-10-15(18)20-19(22(26)28-7-2)14(3)24-16-12-23(4,5)13-17(25)21(16)20/h8-11,20-21H,6-7,12-13H2,1-5H3/t20-,21?/m0/s1. The number of esters is 1. The molecule has 1 fully saturated rings. The number of hydrogen-bond donors (Lipinski definition) is 0. The topological polar surface area (TPSA) is 65.0 Å². The largest absolute Gasteiger partial charge is 0.494 e. The summed E-state index contributed by atoms with van der Waals surface area (Å²) in [7, 11) is 0. The van der Waals surface area contributed by atoms with Crippen molar-refractivity contribution in [1.29, 1.82) is 0 Å². The number of para-hydroxylation sites is 1. The first kappa shape index (κ1) is 20.3. The Kier molecular flexibility index (Phi) is 5.73. The molecule has 1 aromatic rings. The molecular weight excluding hydrogens is 354 g/mol. The molecule has 1 aliphatic carbocycles. The Morgan fingerprint density at radius 3 is 2.54 bits per heavy atom. The summed E-state index contributed by atoms with van der Waals surface area (Å²) in [6, 6.07) is 7.65. The summed E-state index contributed by atoms with van der Waals surface area (Å²) >= 11 is 0. The van der Waals surface area contributed by atoms with Crippen molar-refractivity contribution in [3.05, 3.63) is 41.1 Å². The van der Waals surface area contributed by atoms with Crippen LogP contribution in [0.5, 0.6) is 5.75 Å². The zero-order valence-corrected chi connectivity index (χ0v) is 17.4. The van der Waals surface area contributed by atoms with E-state index in [0.717, 1.165) is 17.7 Å². The van der Waals surface area contributed by atoms with Crippen LogP contribution in [0, 0.1) is 11.3 Å². The summed E-state index contributed by atoms with van der Waals surface area (Å²) < 4.78 is 11.2. The minimum atomic E-state index is -0.447. The predicted molar refractivity (Wildman–Crippen MR) is 109 cm³/mol. The molecule has 0 saturated heterocycles. The van der Waals surface area contributed by atoms with E-state index in [1.54, 1.807) is 6.92 Å². The first-order valence-electron chi connectivity index (χ1n) is 9.98. The SMILES string of the molecule is CCOC(=O)C1=C(C)N=C2CC(C)(C)CC(=O)C2[C@H]1c1ccccc1OCC. The van der Waals surface area contributed by atoms with Crippen molar-refractivity contribution in [2.45, 2.75) is 53.4 Å². The number of Topliss-reactive ketones (excluding diaryl/α,β-unsaturated/α-hetero) is 1. The highest BCUT2D eigenvalue weighted by Crippen LogP contribution is 2.48. The number of carbonyl (C=O) groups is 2. The second-order valence-electron chi connectivity index (χ2n) is 8.23. The van der Waals surface area contributed by atoms with E-state index in [9.17, 15) is 9.59 Å². The summed E-state index contributed by atoms with van der Waals surface area (Å²) in [4.78, 5) is 30.8. The Hall–Kier alpha value is -2.43. The first-order chi connectivity index (χ1) is 13.3. The first-order valence-corrected chi connectivity index (χ1v) is 9.98. The average molecular weight is 383 g/mol. The summed E-state index contributed by atoms with van der Waals surface area (Å²) in [5, 5.41) is 0. The monoisotopic (exact) mass is 383 g/mol. The smallest absolute Gasteiger partial charge is 0.336 e. The number of ketones is 1. The lowest BCUT2D eigenvalue weighted by atomic mass is 9.63. The van der Waals surface area contributed by atoms with Crippen LogP contribution in [0.1, 0.15) is 58.9 Å². The van der Waals surface area contributed by atoms with E-state index >= 15 is 0 Å². The molecule has 1 heterocycles. The quantitative estimate of drug-likeness (QED) is 0.704. The van der Waals surface area contributed by atoms with Gasteiger partial charge >= 0.3 is 5.97 Å². The molecule has 0 amide bonds. The van der Waals surface area contributed by atoms with Crippen molar-refractivity contribution >= 4 is 17.5 Å². The van der Waals surface area contributed by atoms with Gasteiger partial charge < -0.3 is 9.47 Å². The van der Waals surface area contributed by atoms with E-state index in [0.29, 0.717) is 30.0 Å². The van der Waals surface area contributed by atoms with Gasteiger partial charge in [0.2, 0.25) is 0 Å². The van der Waals surface area contributed by atoms with Crippen molar-refractivity contribution in [2.75, 3.05) is 13.2 Å². The van der Waals surface area contributed by atoms with Crippen molar-refractivity contribution in [3.8, 4) is 5.75 Å². The fraction of sp³-hybridized carbons (Fsp3) is 0.522. The molecule has 3 rings (SSSR count). The van der Waals surface area contributed by atoms with Gasteiger partial charge in [0, 0.05) is 29.3 Å². The highest BCUT2D eigenvalue weighted by atomic mass is 16.5. The van der Waals surface area contributed by atoms with E-state index in [-0.39, 0.29) is 17.8 Å². The predicted octanol–water partition coefficient (Wildman–Crippen LogP) is 4.47. The van der Waals surface area contributed by atoms with Crippen LogP contribution in [-0.2, 0) is 14.3 Å². The van der Waals surface area contributed by atoms with Gasteiger partial charge in [-0.1, -0.05) is 32.0 Å². The van der Waals surface area contributed by atoms with Crippen molar-refractivity contribution in [3.63, 3.8) is 0 Å². The van der Waals surface area contributed by atoms with Crippen molar-refractivity contribution in [2.24, 2.45) is 16.3 Å². The van der Waals surface area contributed by atoms with Gasteiger partial charge in [-0.3, -0.25) is 9.79 Å². The van der Waals surface area contributed by atoms with Gasteiger partial charge in [-0.25, -0.2) is 4.79 Å². The van der Waals surface area contributed by atoms with Crippen LogP contribution in [0.2, 0.25) is 0 Å². The number of allylic oxidation sites excluding steroid dienone is 1. The molecule has 1 aromatic carbocycles. The van der Waals surface area contributed by atoms with E-state index in [4.69, 9.17) is 14.5 Å². The average Bonchev–Trinajstić information content (AvgIpc) is 2.60. The van der Waals surface area contributed by atoms with E-state index in [2.05, 4.69) is 13.8 Å². The second kappa shape index (κ2) is 7.90. The molecule has 1 saturated carbocycles. The Bertz CT molecular complexity index is 850. The molecule has 0 aromatic heterocycles. The van der Waals surface area contributed by atoms with Gasteiger partial charge in [0.15, 0.2) is 0 Å². The molecule has 0 spiro atoms. The fourth-order valence-corrected chi connectivity index (χ4v) is 4.43. The van der Waals surface area contributed by atoms with E-state index in [1.807, 2.05) is 38.1 Å². The van der Waals surface area contributed by atoms with Gasteiger partial charge in [-0.2, -0.15) is 0 Å². The van der Waals surface area contributed by atoms with Crippen molar-refractivity contribution < 1.29 is 19.1 Å². The van der Waals surface area contributed by atoms with Crippen LogP contribution in [0.3, 0.4) is 0 Å². The minimum Gasteiger partial charge on any atom is -0.494 e. The van der Waals surface area contributed by atoms with Gasteiger partial charge in [-0.15, -0.1) is 0 Å². The number of aliphatic imine (C=N–C) groups is 1. The van der Waals surface area contributed by atoms with E-state index < -0.39 is 17.8 Å². The minimum absolute atomic E-state index is 0.126. The Labute approximate surface area is 166 Å². The zero-order valence-electron chi connectivity index (χ0n) is 17.4. The van der Waals surface area contributed by atoms with Crippen LogP contribution < -0.4 is 4.74 Å². The van der Waals surface area contributed by atoms with Gasteiger partial charge in [-0.05, 0) is 38.7 Å². The third-order valence-electron chi connectivity index (χ3n) is 5.41. The normalized spacial score (nSPS) is 23.8. The molecular formula is C23H29NO4. The number of hydrogen-bond acceptors (Lipinski definition) is 5. The van der Waals surface area contributed by atoms with Gasteiger partial charge in [0.1, 0.15) is 11.5 Å². The number of carbonyl (C=O) groups excluding carboxylic acids is 2.